The quantitative estimate of drug-likeness (QED) is 0.728. The Kier molecular flexibility index (Phi) is 3.71. The summed E-state index contributed by atoms with van der Waals surface area (Å²) >= 11 is 0. The van der Waals surface area contributed by atoms with E-state index < -0.39 is 10.0 Å². The van der Waals surface area contributed by atoms with Crippen LogP contribution in [-0.2, 0) is 10.0 Å². The Morgan fingerprint density at radius 2 is 1.84 bits per heavy atom. The van der Waals surface area contributed by atoms with E-state index in [-0.39, 0.29) is 5.75 Å². The lowest BCUT2D eigenvalue weighted by atomic mass is 9.93. The molecule has 3 rings (SSSR count). The molecule has 2 fully saturated rings. The van der Waals surface area contributed by atoms with Crippen molar-refractivity contribution in [1.82, 2.24) is 9.21 Å². The van der Waals surface area contributed by atoms with Crippen molar-refractivity contribution in [1.29, 1.82) is 0 Å². The molecule has 0 N–H and O–H groups in total. The minimum atomic E-state index is -2.98. The fourth-order valence-electron chi connectivity index (χ4n) is 3.81. The zero-order valence-corrected chi connectivity index (χ0v) is 12.5. The Morgan fingerprint density at radius 3 is 2.37 bits per heavy atom. The Bertz CT molecular complexity index is 452. The number of hydrogen-bond acceptors (Lipinski definition) is 3. The third-order valence-electron chi connectivity index (χ3n) is 5.00. The average Bonchev–Trinajstić information content (AvgIpc) is 3.02. The summed E-state index contributed by atoms with van der Waals surface area (Å²) in [6, 6.07) is 0. The number of fused-ring (bicyclic) bond motifs is 2. The predicted molar refractivity (Wildman–Crippen MR) is 76.3 cm³/mol. The second-order valence-corrected chi connectivity index (χ2v) is 8.40. The summed E-state index contributed by atoms with van der Waals surface area (Å²) in [5.74, 6) is 2.66. The first-order chi connectivity index (χ1) is 9.08. The van der Waals surface area contributed by atoms with E-state index in [4.69, 9.17) is 0 Å². The van der Waals surface area contributed by atoms with Gasteiger partial charge in [-0.05, 0) is 37.5 Å². The Labute approximate surface area is 116 Å². The fourth-order valence-corrected chi connectivity index (χ4v) is 4.89. The second kappa shape index (κ2) is 5.19. The normalized spacial score (nSPS) is 36.2. The van der Waals surface area contributed by atoms with Crippen molar-refractivity contribution >= 4 is 10.0 Å². The van der Waals surface area contributed by atoms with Gasteiger partial charge in [-0.15, -0.1) is 0 Å². The highest BCUT2D eigenvalue weighted by molar-refractivity contribution is 7.89. The monoisotopic (exact) mass is 284 g/mol. The molecule has 1 heterocycles. The van der Waals surface area contributed by atoms with Gasteiger partial charge in [0.25, 0.3) is 0 Å². The maximum atomic E-state index is 11.8. The number of rotatable bonds is 4. The first kappa shape index (κ1) is 13.6. The van der Waals surface area contributed by atoms with Gasteiger partial charge in [-0.3, -0.25) is 0 Å². The van der Waals surface area contributed by atoms with Crippen molar-refractivity contribution in [2.45, 2.75) is 19.8 Å². The highest BCUT2D eigenvalue weighted by Crippen LogP contribution is 2.43. The number of nitrogens with zero attached hydrogens (tertiary/aromatic N) is 2. The average molecular weight is 284 g/mol. The topological polar surface area (TPSA) is 40.6 Å². The molecule has 1 aliphatic heterocycles. The van der Waals surface area contributed by atoms with Crippen LogP contribution in [0, 0.1) is 17.8 Å². The van der Waals surface area contributed by atoms with Gasteiger partial charge in [0.15, 0.2) is 0 Å². The SMILES string of the molecule is CCS(=O)(=O)N1CCN(C[C@@H]2C[C@@H]3C=C[C@H]2C3)CC1. The molecule has 1 saturated heterocycles. The summed E-state index contributed by atoms with van der Waals surface area (Å²) in [6.45, 7) is 6.03. The molecule has 3 atom stereocenters. The van der Waals surface area contributed by atoms with E-state index in [9.17, 15) is 8.42 Å². The summed E-state index contributed by atoms with van der Waals surface area (Å²) in [6.07, 6.45) is 7.48. The summed E-state index contributed by atoms with van der Waals surface area (Å²) in [7, 11) is -2.98. The lowest BCUT2D eigenvalue weighted by Gasteiger charge is -2.36. The number of piperazine rings is 1. The molecule has 4 nitrogen and oxygen atoms in total. The summed E-state index contributed by atoms with van der Waals surface area (Å²) in [5, 5.41) is 0. The van der Waals surface area contributed by atoms with E-state index in [2.05, 4.69) is 17.1 Å². The van der Waals surface area contributed by atoms with E-state index in [1.54, 1.807) is 11.2 Å². The van der Waals surface area contributed by atoms with Crippen LogP contribution in [0.1, 0.15) is 19.8 Å². The Balaban J connectivity index is 1.50. The third kappa shape index (κ3) is 2.73. The van der Waals surface area contributed by atoms with Crippen LogP contribution < -0.4 is 0 Å². The summed E-state index contributed by atoms with van der Waals surface area (Å²) in [5.41, 5.74) is 0. The van der Waals surface area contributed by atoms with E-state index in [0.717, 1.165) is 37.4 Å². The molecule has 0 radical (unpaired) electrons. The lowest BCUT2D eigenvalue weighted by Crippen LogP contribution is -2.50. The van der Waals surface area contributed by atoms with Crippen LogP contribution in [-0.4, -0.2) is 56.1 Å². The molecule has 19 heavy (non-hydrogen) atoms. The van der Waals surface area contributed by atoms with Gasteiger partial charge in [0.05, 0.1) is 5.75 Å². The van der Waals surface area contributed by atoms with Crippen LogP contribution in [0.2, 0.25) is 0 Å². The van der Waals surface area contributed by atoms with E-state index in [0.29, 0.717) is 13.1 Å². The Hall–Kier alpha value is -0.390. The number of hydrogen-bond donors (Lipinski definition) is 0. The largest absolute Gasteiger partial charge is 0.300 e. The molecule has 0 spiro atoms. The first-order valence-electron chi connectivity index (χ1n) is 7.47. The molecular weight excluding hydrogens is 260 g/mol. The van der Waals surface area contributed by atoms with Crippen molar-refractivity contribution in [3.8, 4) is 0 Å². The molecular formula is C14H24N2O2S. The predicted octanol–water partition coefficient (Wildman–Crippen LogP) is 1.17. The smallest absolute Gasteiger partial charge is 0.213 e. The van der Waals surface area contributed by atoms with Crippen LogP contribution >= 0.6 is 0 Å². The standard InChI is InChI=1S/C14H24N2O2S/c1-2-19(17,18)16-7-5-15(6-8-16)11-14-10-12-3-4-13(14)9-12/h3-4,12-14H,2,5-11H2,1H3/t12-,13+,14+/m1/s1. The van der Waals surface area contributed by atoms with Crippen LogP contribution in [0.25, 0.3) is 0 Å². The minimum Gasteiger partial charge on any atom is -0.300 e. The molecule has 0 aromatic rings. The molecule has 5 heteroatoms. The first-order valence-corrected chi connectivity index (χ1v) is 9.08. The van der Waals surface area contributed by atoms with Crippen LogP contribution in [0.5, 0.6) is 0 Å². The number of sulfonamides is 1. The molecule has 1 saturated carbocycles. The molecule has 2 bridgehead atoms. The van der Waals surface area contributed by atoms with Crippen molar-refractivity contribution in [3.05, 3.63) is 12.2 Å². The second-order valence-electron chi connectivity index (χ2n) is 6.14. The summed E-state index contributed by atoms with van der Waals surface area (Å²) < 4.78 is 25.3. The van der Waals surface area contributed by atoms with Gasteiger partial charge in [0, 0.05) is 32.7 Å². The highest BCUT2D eigenvalue weighted by atomic mass is 32.2. The zero-order valence-electron chi connectivity index (χ0n) is 11.7. The fraction of sp³-hybridized carbons (Fsp3) is 0.857. The molecule has 3 aliphatic rings. The molecule has 0 amide bonds. The van der Waals surface area contributed by atoms with Crippen molar-refractivity contribution in [3.63, 3.8) is 0 Å². The van der Waals surface area contributed by atoms with Gasteiger partial charge >= 0.3 is 0 Å². The maximum absolute atomic E-state index is 11.8. The van der Waals surface area contributed by atoms with Crippen molar-refractivity contribution in [2.75, 3.05) is 38.5 Å². The summed E-state index contributed by atoms with van der Waals surface area (Å²) in [4.78, 5) is 2.46. The van der Waals surface area contributed by atoms with E-state index >= 15 is 0 Å². The number of allylic oxidation sites excluding steroid dienone is 2. The van der Waals surface area contributed by atoms with Gasteiger partial charge in [0.2, 0.25) is 10.0 Å². The maximum Gasteiger partial charge on any atom is 0.213 e. The molecule has 0 unspecified atom stereocenters. The van der Waals surface area contributed by atoms with Crippen LogP contribution in [0.4, 0.5) is 0 Å². The zero-order chi connectivity index (χ0) is 13.5. The lowest BCUT2D eigenvalue weighted by molar-refractivity contribution is 0.156. The van der Waals surface area contributed by atoms with Crippen molar-refractivity contribution in [2.24, 2.45) is 17.8 Å². The third-order valence-corrected chi connectivity index (χ3v) is 6.88. The molecule has 2 aliphatic carbocycles. The van der Waals surface area contributed by atoms with Crippen LogP contribution in [0.15, 0.2) is 12.2 Å². The van der Waals surface area contributed by atoms with E-state index in [1.807, 2.05) is 0 Å². The van der Waals surface area contributed by atoms with Crippen molar-refractivity contribution < 1.29 is 8.42 Å². The molecule has 0 aromatic carbocycles. The minimum absolute atomic E-state index is 0.226. The van der Waals surface area contributed by atoms with Gasteiger partial charge in [0.1, 0.15) is 0 Å². The van der Waals surface area contributed by atoms with E-state index in [1.165, 1.54) is 12.8 Å². The Morgan fingerprint density at radius 1 is 1.11 bits per heavy atom. The van der Waals surface area contributed by atoms with Gasteiger partial charge in [-0.2, -0.15) is 4.31 Å². The van der Waals surface area contributed by atoms with Gasteiger partial charge < -0.3 is 4.90 Å². The van der Waals surface area contributed by atoms with Crippen LogP contribution in [0.3, 0.4) is 0 Å². The van der Waals surface area contributed by atoms with Gasteiger partial charge in [-0.25, -0.2) is 8.42 Å². The van der Waals surface area contributed by atoms with Gasteiger partial charge in [-0.1, -0.05) is 12.2 Å². The molecule has 108 valence electrons. The highest BCUT2D eigenvalue weighted by Gasteiger charge is 2.37. The molecule has 0 aromatic heterocycles.